The van der Waals surface area contributed by atoms with E-state index in [1.807, 2.05) is 41.3 Å². The molecule has 1 amide bonds. The summed E-state index contributed by atoms with van der Waals surface area (Å²) in [6, 6.07) is 15.9. The Balaban J connectivity index is 1.85. The molecular weight excluding hydrogens is 308 g/mol. The third-order valence-corrected chi connectivity index (χ3v) is 5.16. The van der Waals surface area contributed by atoms with Crippen LogP contribution in [0, 0.1) is 6.92 Å². The Morgan fingerprint density at radius 3 is 2.74 bits per heavy atom. The molecule has 2 fully saturated rings. The van der Waals surface area contributed by atoms with Crippen LogP contribution in [-0.4, -0.2) is 23.4 Å². The Hall–Kier alpha value is -1.84. The van der Waals surface area contributed by atoms with Crippen LogP contribution in [0.4, 0.5) is 5.69 Å². The fourth-order valence-corrected chi connectivity index (χ4v) is 4.05. The van der Waals surface area contributed by atoms with Crippen molar-refractivity contribution in [1.29, 1.82) is 0 Å². The lowest BCUT2D eigenvalue weighted by molar-refractivity contribution is -0.119. The zero-order valence-corrected chi connectivity index (χ0v) is 13.8. The standard InChI is InChI=1S/C19H19ClN2O/c1-13-6-2-3-9-16(13)18-21-11-5-10-17(21)19(23)22(18)15-8-4-7-14(20)12-15/h2-4,6-9,12,17-18H,5,10-11H2,1H3. The molecule has 2 atom stereocenters. The molecule has 0 bridgehead atoms. The Bertz CT molecular complexity index is 761. The molecule has 118 valence electrons. The minimum atomic E-state index is -0.0327. The van der Waals surface area contributed by atoms with Gasteiger partial charge in [0.05, 0.1) is 6.04 Å². The summed E-state index contributed by atoms with van der Waals surface area (Å²) in [5.74, 6) is 0.193. The van der Waals surface area contributed by atoms with Crippen LogP contribution in [0.2, 0.25) is 5.02 Å². The van der Waals surface area contributed by atoms with Crippen LogP contribution in [0.1, 0.15) is 30.1 Å². The van der Waals surface area contributed by atoms with Crippen molar-refractivity contribution < 1.29 is 4.79 Å². The molecule has 2 aliphatic heterocycles. The lowest BCUT2D eigenvalue weighted by atomic mass is 10.0. The van der Waals surface area contributed by atoms with Gasteiger partial charge in [-0.15, -0.1) is 0 Å². The van der Waals surface area contributed by atoms with Gasteiger partial charge in [-0.2, -0.15) is 0 Å². The number of fused-ring (bicyclic) bond motifs is 1. The second-order valence-electron chi connectivity index (χ2n) is 6.31. The Labute approximate surface area is 141 Å². The van der Waals surface area contributed by atoms with E-state index in [1.54, 1.807) is 0 Å². The van der Waals surface area contributed by atoms with E-state index >= 15 is 0 Å². The number of hydrogen-bond donors (Lipinski definition) is 0. The van der Waals surface area contributed by atoms with Crippen LogP contribution in [0.15, 0.2) is 48.5 Å². The molecule has 23 heavy (non-hydrogen) atoms. The van der Waals surface area contributed by atoms with Crippen molar-refractivity contribution >= 4 is 23.2 Å². The van der Waals surface area contributed by atoms with Crippen molar-refractivity contribution in [3.05, 3.63) is 64.7 Å². The molecule has 0 aliphatic carbocycles. The topological polar surface area (TPSA) is 23.6 Å². The van der Waals surface area contributed by atoms with E-state index in [4.69, 9.17) is 11.6 Å². The summed E-state index contributed by atoms with van der Waals surface area (Å²) in [6.07, 6.45) is 2.00. The van der Waals surface area contributed by atoms with Crippen molar-refractivity contribution in [3.63, 3.8) is 0 Å². The SMILES string of the molecule is Cc1ccccc1C1N(c2cccc(Cl)c2)C(=O)C2CCCN21. The highest BCUT2D eigenvalue weighted by Gasteiger charge is 2.49. The van der Waals surface area contributed by atoms with Gasteiger partial charge in [0.1, 0.15) is 6.17 Å². The molecule has 0 spiro atoms. The number of carbonyl (C=O) groups is 1. The van der Waals surface area contributed by atoms with Crippen molar-refractivity contribution in [2.45, 2.75) is 32.0 Å². The molecule has 0 aromatic heterocycles. The lowest BCUT2D eigenvalue weighted by Crippen LogP contribution is -2.32. The summed E-state index contributed by atoms with van der Waals surface area (Å²) >= 11 is 6.17. The van der Waals surface area contributed by atoms with Crippen molar-refractivity contribution in [3.8, 4) is 0 Å². The first-order valence-corrected chi connectivity index (χ1v) is 8.44. The number of hydrogen-bond acceptors (Lipinski definition) is 2. The summed E-state index contributed by atoms with van der Waals surface area (Å²) in [5, 5.41) is 0.658. The summed E-state index contributed by atoms with van der Waals surface area (Å²) in [7, 11) is 0. The molecule has 0 N–H and O–H groups in total. The minimum absolute atomic E-state index is 0.00131. The molecule has 2 heterocycles. The Morgan fingerprint density at radius 2 is 1.96 bits per heavy atom. The van der Waals surface area contributed by atoms with Gasteiger partial charge < -0.3 is 0 Å². The van der Waals surface area contributed by atoms with E-state index in [0.717, 1.165) is 25.1 Å². The lowest BCUT2D eigenvalue weighted by Gasteiger charge is -2.31. The Kier molecular flexibility index (Phi) is 3.63. The van der Waals surface area contributed by atoms with E-state index in [9.17, 15) is 4.79 Å². The number of aryl methyl sites for hydroxylation is 1. The molecule has 2 aliphatic rings. The third kappa shape index (κ3) is 2.35. The van der Waals surface area contributed by atoms with Gasteiger partial charge in [-0.3, -0.25) is 14.6 Å². The second-order valence-corrected chi connectivity index (χ2v) is 6.75. The van der Waals surface area contributed by atoms with Crippen LogP contribution in [-0.2, 0) is 4.79 Å². The molecule has 2 aromatic carbocycles. The van der Waals surface area contributed by atoms with Crippen LogP contribution in [0.5, 0.6) is 0 Å². The second kappa shape index (κ2) is 5.66. The number of benzene rings is 2. The van der Waals surface area contributed by atoms with Crippen molar-refractivity contribution in [2.24, 2.45) is 0 Å². The van der Waals surface area contributed by atoms with Gasteiger partial charge in [-0.1, -0.05) is 41.9 Å². The first-order valence-electron chi connectivity index (χ1n) is 8.07. The predicted octanol–water partition coefficient (Wildman–Crippen LogP) is 4.16. The number of carbonyl (C=O) groups excluding carboxylic acids is 1. The molecule has 4 heteroatoms. The van der Waals surface area contributed by atoms with E-state index < -0.39 is 0 Å². The first-order chi connectivity index (χ1) is 11.2. The smallest absolute Gasteiger partial charge is 0.246 e. The predicted molar refractivity (Wildman–Crippen MR) is 92.6 cm³/mol. The molecule has 2 aromatic rings. The van der Waals surface area contributed by atoms with Crippen molar-refractivity contribution in [1.82, 2.24) is 4.90 Å². The monoisotopic (exact) mass is 326 g/mol. The van der Waals surface area contributed by atoms with E-state index in [0.29, 0.717) is 5.02 Å². The molecular formula is C19H19ClN2O. The average Bonchev–Trinajstić information content (AvgIpc) is 3.10. The van der Waals surface area contributed by atoms with Gasteiger partial charge in [0.25, 0.3) is 0 Å². The molecule has 0 saturated carbocycles. The van der Waals surface area contributed by atoms with Gasteiger partial charge in [-0.25, -0.2) is 0 Å². The highest BCUT2D eigenvalue weighted by atomic mass is 35.5. The zero-order valence-electron chi connectivity index (χ0n) is 13.1. The van der Waals surface area contributed by atoms with E-state index in [-0.39, 0.29) is 18.1 Å². The fraction of sp³-hybridized carbons (Fsp3) is 0.316. The average molecular weight is 327 g/mol. The molecule has 2 saturated heterocycles. The van der Waals surface area contributed by atoms with E-state index in [1.165, 1.54) is 11.1 Å². The largest absolute Gasteiger partial charge is 0.290 e. The van der Waals surface area contributed by atoms with Gasteiger partial charge in [0.15, 0.2) is 0 Å². The number of halogens is 1. The number of nitrogens with zero attached hydrogens (tertiary/aromatic N) is 2. The van der Waals surface area contributed by atoms with E-state index in [2.05, 4.69) is 24.0 Å². The van der Waals surface area contributed by atoms with Gasteiger partial charge >= 0.3 is 0 Å². The van der Waals surface area contributed by atoms with Gasteiger partial charge in [0.2, 0.25) is 5.91 Å². The first kappa shape index (κ1) is 14.7. The number of anilines is 1. The maximum atomic E-state index is 13.0. The Morgan fingerprint density at radius 1 is 1.13 bits per heavy atom. The van der Waals surface area contributed by atoms with Gasteiger partial charge in [0, 0.05) is 17.3 Å². The maximum Gasteiger partial charge on any atom is 0.246 e. The summed E-state index contributed by atoms with van der Waals surface area (Å²) in [6.45, 7) is 3.08. The molecule has 2 unspecified atom stereocenters. The summed E-state index contributed by atoms with van der Waals surface area (Å²) in [4.78, 5) is 17.3. The normalized spacial score (nSPS) is 24.3. The zero-order chi connectivity index (χ0) is 16.0. The van der Waals surface area contributed by atoms with Crippen LogP contribution < -0.4 is 4.90 Å². The maximum absolute atomic E-state index is 13.0. The molecule has 3 nitrogen and oxygen atoms in total. The minimum Gasteiger partial charge on any atom is -0.290 e. The number of rotatable bonds is 2. The van der Waals surface area contributed by atoms with Crippen molar-refractivity contribution in [2.75, 3.05) is 11.4 Å². The van der Waals surface area contributed by atoms with Crippen LogP contribution in [0.25, 0.3) is 0 Å². The van der Waals surface area contributed by atoms with Crippen LogP contribution in [0.3, 0.4) is 0 Å². The van der Waals surface area contributed by atoms with Crippen LogP contribution >= 0.6 is 11.6 Å². The molecule has 0 radical (unpaired) electrons. The third-order valence-electron chi connectivity index (χ3n) is 4.93. The summed E-state index contributed by atoms with van der Waals surface area (Å²) in [5.41, 5.74) is 3.29. The molecule has 4 rings (SSSR count). The highest BCUT2D eigenvalue weighted by molar-refractivity contribution is 6.31. The number of amides is 1. The fourth-order valence-electron chi connectivity index (χ4n) is 3.86. The van der Waals surface area contributed by atoms with Gasteiger partial charge in [-0.05, 0) is 49.1 Å². The highest BCUT2D eigenvalue weighted by Crippen LogP contribution is 2.43. The summed E-state index contributed by atoms with van der Waals surface area (Å²) < 4.78 is 0. The quantitative estimate of drug-likeness (QED) is 0.827.